The number of anilines is 3. The molecule has 5 nitrogen and oxygen atoms in total. The number of aromatic nitrogens is 1. The number of nitrogens with zero attached hydrogens (tertiary/aromatic N) is 1. The molecule has 0 bridgehead atoms. The van der Waals surface area contributed by atoms with Crippen LogP contribution in [0.2, 0.25) is 0 Å². The average Bonchev–Trinajstić information content (AvgIpc) is 3.22. The Morgan fingerprint density at radius 2 is 1.80 bits per heavy atom. The molecular weight excluding hydrogens is 401 g/mol. The summed E-state index contributed by atoms with van der Waals surface area (Å²) < 4.78 is 18.6. The first-order valence-corrected chi connectivity index (χ1v) is 10.0. The lowest BCUT2D eigenvalue weighted by Crippen LogP contribution is -2.13. The second-order valence-corrected chi connectivity index (χ2v) is 7.27. The highest BCUT2D eigenvalue weighted by Gasteiger charge is 2.12. The third kappa shape index (κ3) is 4.47. The van der Waals surface area contributed by atoms with Crippen LogP contribution in [0.1, 0.15) is 10.4 Å². The fraction of sp³-hybridized carbons (Fsp3) is 0.0435. The van der Waals surface area contributed by atoms with Crippen LogP contribution in [0, 0.1) is 5.82 Å². The SMILES string of the molecule is COc1ccccc1C(=O)Nc1cccc(-c2csc(Nc3cccc(F)c3)n2)c1. The topological polar surface area (TPSA) is 63.2 Å². The summed E-state index contributed by atoms with van der Waals surface area (Å²) >= 11 is 1.42. The number of carbonyl (C=O) groups excluding carboxylic acids is 1. The summed E-state index contributed by atoms with van der Waals surface area (Å²) in [6.45, 7) is 0. The van der Waals surface area contributed by atoms with Crippen LogP contribution in [-0.2, 0) is 0 Å². The molecule has 3 aromatic carbocycles. The zero-order valence-corrected chi connectivity index (χ0v) is 16.9. The number of thiazole rings is 1. The van der Waals surface area contributed by atoms with Crippen molar-refractivity contribution in [2.75, 3.05) is 17.7 Å². The molecule has 0 saturated carbocycles. The number of benzene rings is 3. The van der Waals surface area contributed by atoms with Gasteiger partial charge in [0.05, 0.1) is 18.4 Å². The van der Waals surface area contributed by atoms with Crippen molar-refractivity contribution in [2.45, 2.75) is 0 Å². The Morgan fingerprint density at radius 3 is 2.63 bits per heavy atom. The van der Waals surface area contributed by atoms with Gasteiger partial charge < -0.3 is 15.4 Å². The summed E-state index contributed by atoms with van der Waals surface area (Å²) in [5, 5.41) is 8.55. The minimum absolute atomic E-state index is 0.253. The maximum Gasteiger partial charge on any atom is 0.259 e. The standard InChI is InChI=1S/C23H18FN3O2S/c1-29-21-11-3-2-10-19(21)22(28)25-17-8-4-6-15(12-17)20-14-30-23(27-20)26-18-9-5-7-16(24)13-18/h2-14H,1H3,(H,25,28)(H,26,27). The Morgan fingerprint density at radius 1 is 1.00 bits per heavy atom. The molecule has 0 radical (unpaired) electrons. The normalized spacial score (nSPS) is 10.5. The summed E-state index contributed by atoms with van der Waals surface area (Å²) in [6, 6.07) is 20.7. The Hall–Kier alpha value is -3.71. The summed E-state index contributed by atoms with van der Waals surface area (Å²) in [7, 11) is 1.53. The minimum atomic E-state index is -0.310. The fourth-order valence-electron chi connectivity index (χ4n) is 2.94. The third-order valence-corrected chi connectivity index (χ3v) is 5.11. The molecule has 4 aromatic rings. The van der Waals surface area contributed by atoms with Gasteiger partial charge in [0.25, 0.3) is 5.91 Å². The fourth-order valence-corrected chi connectivity index (χ4v) is 3.68. The van der Waals surface area contributed by atoms with E-state index in [9.17, 15) is 9.18 Å². The van der Waals surface area contributed by atoms with Crippen LogP contribution in [0.3, 0.4) is 0 Å². The van der Waals surface area contributed by atoms with Crippen LogP contribution >= 0.6 is 11.3 Å². The van der Waals surface area contributed by atoms with Crippen molar-refractivity contribution < 1.29 is 13.9 Å². The molecule has 30 heavy (non-hydrogen) atoms. The molecule has 0 saturated heterocycles. The van der Waals surface area contributed by atoms with E-state index < -0.39 is 0 Å². The predicted molar refractivity (Wildman–Crippen MR) is 118 cm³/mol. The first-order chi connectivity index (χ1) is 14.6. The third-order valence-electron chi connectivity index (χ3n) is 4.35. The number of rotatable bonds is 6. The van der Waals surface area contributed by atoms with Gasteiger partial charge in [-0.1, -0.05) is 30.3 Å². The molecule has 1 aromatic heterocycles. The lowest BCUT2D eigenvalue weighted by atomic mass is 10.1. The smallest absolute Gasteiger partial charge is 0.259 e. The Kier molecular flexibility index (Phi) is 5.72. The largest absolute Gasteiger partial charge is 0.496 e. The maximum atomic E-state index is 13.4. The number of hydrogen-bond donors (Lipinski definition) is 2. The molecular formula is C23H18FN3O2S. The first-order valence-electron chi connectivity index (χ1n) is 9.15. The van der Waals surface area contributed by atoms with Gasteiger partial charge in [-0.05, 0) is 42.5 Å². The molecule has 0 aliphatic rings. The first kappa shape index (κ1) is 19.6. The van der Waals surface area contributed by atoms with E-state index in [0.717, 1.165) is 11.3 Å². The highest BCUT2D eigenvalue weighted by molar-refractivity contribution is 7.14. The molecule has 0 unspecified atom stereocenters. The van der Waals surface area contributed by atoms with Gasteiger partial charge in [0.2, 0.25) is 0 Å². The van der Waals surface area contributed by atoms with E-state index in [2.05, 4.69) is 15.6 Å². The number of hydrogen-bond acceptors (Lipinski definition) is 5. The van der Waals surface area contributed by atoms with Crippen LogP contribution in [0.5, 0.6) is 5.75 Å². The average molecular weight is 419 g/mol. The van der Waals surface area contributed by atoms with Gasteiger partial charge in [-0.3, -0.25) is 4.79 Å². The van der Waals surface area contributed by atoms with Crippen molar-refractivity contribution in [1.29, 1.82) is 0 Å². The van der Waals surface area contributed by atoms with Crippen LogP contribution in [-0.4, -0.2) is 18.0 Å². The Bertz CT molecular complexity index is 1190. The van der Waals surface area contributed by atoms with Crippen LogP contribution in [0.15, 0.2) is 78.2 Å². The number of nitrogens with one attached hydrogen (secondary N) is 2. The second kappa shape index (κ2) is 8.75. The molecule has 0 aliphatic carbocycles. The molecule has 1 heterocycles. The van der Waals surface area contributed by atoms with Crippen molar-refractivity contribution in [3.8, 4) is 17.0 Å². The lowest BCUT2D eigenvalue weighted by molar-refractivity contribution is 0.102. The van der Waals surface area contributed by atoms with E-state index in [1.165, 1.54) is 30.6 Å². The minimum Gasteiger partial charge on any atom is -0.496 e. The summed E-state index contributed by atoms with van der Waals surface area (Å²) in [4.78, 5) is 17.2. The number of methoxy groups -OCH3 is 1. The number of ether oxygens (including phenoxy) is 1. The summed E-state index contributed by atoms with van der Waals surface area (Å²) in [5.74, 6) is -0.0506. The van der Waals surface area contributed by atoms with Crippen molar-refractivity contribution in [2.24, 2.45) is 0 Å². The van der Waals surface area contributed by atoms with Crippen LogP contribution in [0.25, 0.3) is 11.3 Å². The molecule has 0 spiro atoms. The van der Waals surface area contributed by atoms with Crippen molar-refractivity contribution in [3.05, 3.63) is 89.6 Å². The number of halogens is 1. The Balaban J connectivity index is 1.51. The lowest BCUT2D eigenvalue weighted by Gasteiger charge is -2.09. The zero-order valence-electron chi connectivity index (χ0n) is 16.1. The van der Waals surface area contributed by atoms with Gasteiger partial charge in [0.15, 0.2) is 5.13 Å². The van der Waals surface area contributed by atoms with Crippen molar-refractivity contribution in [3.63, 3.8) is 0 Å². The quantitative estimate of drug-likeness (QED) is 0.405. The molecule has 0 fully saturated rings. The van der Waals surface area contributed by atoms with E-state index in [1.807, 2.05) is 35.7 Å². The van der Waals surface area contributed by atoms with Crippen molar-refractivity contribution in [1.82, 2.24) is 4.98 Å². The monoisotopic (exact) mass is 419 g/mol. The molecule has 7 heteroatoms. The van der Waals surface area contributed by atoms with Gasteiger partial charge in [-0.15, -0.1) is 11.3 Å². The van der Waals surface area contributed by atoms with Gasteiger partial charge in [0, 0.05) is 22.3 Å². The van der Waals surface area contributed by atoms with E-state index in [1.54, 1.807) is 30.3 Å². The van der Waals surface area contributed by atoms with E-state index >= 15 is 0 Å². The second-order valence-electron chi connectivity index (χ2n) is 6.41. The van der Waals surface area contributed by atoms with Gasteiger partial charge in [0.1, 0.15) is 11.6 Å². The predicted octanol–water partition coefficient (Wildman–Crippen LogP) is 5.95. The molecule has 2 N–H and O–H groups in total. The molecule has 0 atom stereocenters. The summed E-state index contributed by atoms with van der Waals surface area (Å²) in [6.07, 6.45) is 0. The molecule has 1 amide bonds. The number of para-hydroxylation sites is 1. The van der Waals surface area contributed by atoms with E-state index in [-0.39, 0.29) is 11.7 Å². The molecule has 150 valence electrons. The van der Waals surface area contributed by atoms with E-state index in [0.29, 0.717) is 27.8 Å². The zero-order chi connectivity index (χ0) is 20.9. The van der Waals surface area contributed by atoms with Gasteiger partial charge in [-0.2, -0.15) is 0 Å². The molecule has 4 rings (SSSR count). The van der Waals surface area contributed by atoms with Crippen LogP contribution in [0.4, 0.5) is 20.9 Å². The van der Waals surface area contributed by atoms with Gasteiger partial charge >= 0.3 is 0 Å². The van der Waals surface area contributed by atoms with Crippen LogP contribution < -0.4 is 15.4 Å². The van der Waals surface area contributed by atoms with E-state index in [4.69, 9.17) is 4.74 Å². The summed E-state index contributed by atoms with van der Waals surface area (Å²) in [5.41, 5.74) is 3.36. The maximum absolute atomic E-state index is 13.4. The van der Waals surface area contributed by atoms with Crippen molar-refractivity contribution >= 4 is 33.8 Å². The highest BCUT2D eigenvalue weighted by Crippen LogP contribution is 2.29. The highest BCUT2D eigenvalue weighted by atomic mass is 32.1. The van der Waals surface area contributed by atoms with Gasteiger partial charge in [-0.25, -0.2) is 9.37 Å². The Labute approximate surface area is 177 Å². The molecule has 0 aliphatic heterocycles. The number of amides is 1. The number of carbonyl (C=O) groups is 1.